The molecule has 3 saturated carbocycles. The summed E-state index contributed by atoms with van der Waals surface area (Å²) in [4.78, 5) is 17.4. The third-order valence-corrected chi connectivity index (χ3v) is 10.6. The van der Waals surface area contributed by atoms with Crippen molar-refractivity contribution in [1.82, 2.24) is 9.71 Å². The molecule has 42 heavy (non-hydrogen) atoms. The molecule has 1 heterocycles. The normalized spacial score (nSPS) is 21.8. The molecule has 4 N–H and O–H groups in total. The molecule has 0 aliphatic heterocycles. The maximum atomic E-state index is 13.0. The molecule has 214 valence electrons. The lowest BCUT2D eigenvalue weighted by Crippen LogP contribution is -2.75. The predicted octanol–water partition coefficient (Wildman–Crippen LogP) is 6.20. The highest BCUT2D eigenvalue weighted by Crippen LogP contribution is 2.64. The van der Waals surface area contributed by atoms with E-state index in [4.69, 9.17) is 4.36 Å². The molecule has 0 spiro atoms. The first-order chi connectivity index (χ1) is 20.1. The number of benzene rings is 3. The van der Waals surface area contributed by atoms with Crippen LogP contribution in [-0.4, -0.2) is 38.5 Å². The molecule has 3 fully saturated rings. The molecule has 3 aliphatic rings. The smallest absolute Gasteiger partial charge is 0.255 e. The van der Waals surface area contributed by atoms with E-state index in [2.05, 4.69) is 31.7 Å². The van der Waals surface area contributed by atoms with Crippen LogP contribution in [0, 0.1) is 11.3 Å². The lowest BCUT2D eigenvalue weighted by molar-refractivity contribution is -0.0282. The molecular formula is C32H33N7O2S. The Balaban J connectivity index is 1.08. The van der Waals surface area contributed by atoms with E-state index in [1.807, 2.05) is 68.4 Å². The Labute approximate surface area is 246 Å². The number of carbonyl (C=O) groups excluding carboxylic acids is 1. The van der Waals surface area contributed by atoms with Crippen molar-refractivity contribution in [3.05, 3.63) is 90.1 Å². The van der Waals surface area contributed by atoms with E-state index >= 15 is 0 Å². The van der Waals surface area contributed by atoms with Gasteiger partial charge in [0.15, 0.2) is 0 Å². The molecule has 9 nitrogen and oxygen atoms in total. The fourth-order valence-corrected chi connectivity index (χ4v) is 7.55. The second-order valence-electron chi connectivity index (χ2n) is 11.5. The van der Waals surface area contributed by atoms with Crippen molar-refractivity contribution in [2.24, 2.45) is 4.36 Å². The van der Waals surface area contributed by atoms with Crippen LogP contribution in [0.5, 0.6) is 0 Å². The molecule has 1 aromatic heterocycles. The predicted molar refractivity (Wildman–Crippen MR) is 168 cm³/mol. The van der Waals surface area contributed by atoms with Crippen molar-refractivity contribution in [3.8, 4) is 6.07 Å². The summed E-state index contributed by atoms with van der Waals surface area (Å²) in [5.41, 5.74) is 4.94. The molecule has 7 rings (SSSR count). The number of carbonyl (C=O) groups is 1. The number of pyridine rings is 1. The van der Waals surface area contributed by atoms with Crippen LogP contribution in [-0.2, 0) is 9.92 Å². The van der Waals surface area contributed by atoms with Crippen LogP contribution in [0.4, 0.5) is 22.7 Å². The van der Waals surface area contributed by atoms with E-state index in [-0.39, 0.29) is 22.2 Å². The minimum absolute atomic E-state index is 0.0314. The van der Waals surface area contributed by atoms with Crippen molar-refractivity contribution in [3.63, 3.8) is 0 Å². The third-order valence-electron chi connectivity index (χ3n) is 8.09. The number of nitrogens with one attached hydrogen (secondary N) is 4. The highest BCUT2D eigenvalue weighted by molar-refractivity contribution is 7.92. The van der Waals surface area contributed by atoms with Crippen LogP contribution in [0.15, 0.2) is 83.4 Å². The monoisotopic (exact) mass is 579 g/mol. The van der Waals surface area contributed by atoms with Gasteiger partial charge in [-0.1, -0.05) is 6.07 Å². The summed E-state index contributed by atoms with van der Waals surface area (Å²) in [5.74, 6) is -0.203. The zero-order chi connectivity index (χ0) is 29.5. The van der Waals surface area contributed by atoms with Crippen molar-refractivity contribution in [2.45, 2.75) is 49.4 Å². The van der Waals surface area contributed by atoms with E-state index in [1.54, 1.807) is 31.4 Å². The highest BCUT2D eigenvalue weighted by Gasteiger charge is 2.69. The van der Waals surface area contributed by atoms with Gasteiger partial charge in [-0.05, 0) is 107 Å². The number of fused-ring (bicyclic) bond motifs is 1. The lowest BCUT2D eigenvalue weighted by Gasteiger charge is -2.68. The van der Waals surface area contributed by atoms with Gasteiger partial charge in [0.1, 0.15) is 9.92 Å². The van der Waals surface area contributed by atoms with Crippen molar-refractivity contribution >= 4 is 49.5 Å². The summed E-state index contributed by atoms with van der Waals surface area (Å²) >= 11 is 0. The molecule has 3 aromatic carbocycles. The van der Waals surface area contributed by atoms with Gasteiger partial charge in [-0.15, -0.1) is 0 Å². The number of hydrogen-bond acceptors (Lipinski definition) is 7. The van der Waals surface area contributed by atoms with Crippen LogP contribution in [0.2, 0.25) is 0 Å². The molecule has 2 bridgehead atoms. The molecule has 1 atom stereocenters. The van der Waals surface area contributed by atoms with Gasteiger partial charge in [-0.2, -0.15) is 5.26 Å². The summed E-state index contributed by atoms with van der Waals surface area (Å²) in [6, 6.07) is 24.4. The van der Waals surface area contributed by atoms with Gasteiger partial charge < -0.3 is 16.0 Å². The molecule has 3 aliphatic carbocycles. The molecule has 0 saturated heterocycles. The number of aromatic nitrogens is 1. The van der Waals surface area contributed by atoms with E-state index < -0.39 is 9.92 Å². The fraction of sp³-hybridized carbons (Fsp3) is 0.281. The Hall–Kier alpha value is -4.46. The van der Waals surface area contributed by atoms with Crippen molar-refractivity contribution in [1.29, 1.82) is 5.26 Å². The van der Waals surface area contributed by atoms with Crippen molar-refractivity contribution in [2.75, 3.05) is 23.0 Å². The average Bonchev–Trinajstić information content (AvgIpc) is 2.95. The van der Waals surface area contributed by atoms with Gasteiger partial charge in [-0.3, -0.25) is 9.78 Å². The van der Waals surface area contributed by atoms with Gasteiger partial charge in [0.25, 0.3) is 5.91 Å². The largest absolute Gasteiger partial charge is 0.379 e. The van der Waals surface area contributed by atoms with Gasteiger partial charge in [0.2, 0.25) is 0 Å². The molecular weight excluding hydrogens is 546 g/mol. The second-order valence-corrected chi connectivity index (χ2v) is 14.2. The zero-order valence-electron chi connectivity index (χ0n) is 23.8. The van der Waals surface area contributed by atoms with Crippen molar-refractivity contribution < 1.29 is 9.00 Å². The van der Waals surface area contributed by atoms with E-state index in [0.29, 0.717) is 16.8 Å². The highest BCUT2D eigenvalue weighted by atomic mass is 32.2. The number of hydrogen-bond donors (Lipinski definition) is 4. The number of anilines is 4. The summed E-state index contributed by atoms with van der Waals surface area (Å²) in [6.07, 6.45) is 4.29. The molecule has 1 unspecified atom stereocenters. The van der Waals surface area contributed by atoms with Gasteiger partial charge in [0, 0.05) is 45.4 Å². The topological polar surface area (TPSA) is 131 Å². The van der Waals surface area contributed by atoms with E-state index in [0.717, 1.165) is 47.2 Å². The molecule has 10 heteroatoms. The third kappa shape index (κ3) is 5.17. The standard InChI is InChI=1S/C32H33N7O2S/c1-21(2)42(41,34-3)39-32-18-31(19-32,20-32)38-26-6-4-5-25(16-26)37-30(40)23-8-10-24(11-9-23)36-29-13-14-35-28-12-7-22(17-33)15-27(28)29/h4-16,21,38H,18-20H2,1-3H3,(H,35,36)(H,37,40)(H,34,39,41). The Bertz CT molecular complexity index is 1830. The van der Waals surface area contributed by atoms with Gasteiger partial charge in [0.05, 0.1) is 27.9 Å². The second kappa shape index (κ2) is 10.4. The maximum Gasteiger partial charge on any atom is 0.255 e. The molecule has 0 radical (unpaired) electrons. The van der Waals surface area contributed by atoms with Gasteiger partial charge in [-0.25, -0.2) is 13.3 Å². The van der Waals surface area contributed by atoms with Gasteiger partial charge >= 0.3 is 0 Å². The van der Waals surface area contributed by atoms with Crippen LogP contribution in [0.3, 0.4) is 0 Å². The number of amides is 1. The molecule has 4 aromatic rings. The Morgan fingerprint density at radius 3 is 2.43 bits per heavy atom. The van der Waals surface area contributed by atoms with Crippen LogP contribution in [0.25, 0.3) is 10.9 Å². The molecule has 1 amide bonds. The minimum atomic E-state index is -2.42. The Kier molecular flexibility index (Phi) is 6.87. The summed E-state index contributed by atoms with van der Waals surface area (Å²) < 4.78 is 20.7. The summed E-state index contributed by atoms with van der Waals surface area (Å²) in [6.45, 7) is 3.87. The number of nitrogens with zero attached hydrogens (tertiary/aromatic N) is 3. The quantitative estimate of drug-likeness (QED) is 0.187. The first kappa shape index (κ1) is 27.7. The lowest BCUT2D eigenvalue weighted by atomic mass is 9.44. The Morgan fingerprint density at radius 1 is 1.00 bits per heavy atom. The number of nitriles is 1. The van der Waals surface area contributed by atoms with Crippen LogP contribution in [0.1, 0.15) is 49.0 Å². The minimum Gasteiger partial charge on any atom is -0.379 e. The van der Waals surface area contributed by atoms with Crippen LogP contribution < -0.4 is 20.7 Å². The Morgan fingerprint density at radius 2 is 1.74 bits per heavy atom. The average molecular weight is 580 g/mol. The van der Waals surface area contributed by atoms with E-state index in [9.17, 15) is 14.3 Å². The summed E-state index contributed by atoms with van der Waals surface area (Å²) in [5, 5.41) is 20.1. The number of rotatable bonds is 9. The van der Waals surface area contributed by atoms with Crippen LogP contribution >= 0.6 is 0 Å². The fourth-order valence-electron chi connectivity index (χ4n) is 6.01. The maximum absolute atomic E-state index is 13.0. The summed E-state index contributed by atoms with van der Waals surface area (Å²) in [7, 11) is -0.702. The first-order valence-corrected chi connectivity index (χ1v) is 15.5. The SMILES string of the molecule is CNS(=O)(=NC12CC(Nc3cccc(NC(=O)c4ccc(Nc5ccnc6ccc(C#N)cc56)cc4)c3)(C1)C2)C(C)C. The van der Waals surface area contributed by atoms with E-state index in [1.165, 1.54) is 0 Å². The first-order valence-electron chi connectivity index (χ1n) is 14.0. The zero-order valence-corrected chi connectivity index (χ0v) is 24.6.